The molecule has 2 aliphatic heterocycles. The predicted octanol–water partition coefficient (Wildman–Crippen LogP) is 1.43. The molecule has 23 heavy (non-hydrogen) atoms. The quantitative estimate of drug-likeness (QED) is 0.913. The smallest absolute Gasteiger partial charge is 0.236 e. The molecule has 2 N–H and O–H groups in total. The topological polar surface area (TPSA) is 58.8 Å². The van der Waals surface area contributed by atoms with Gasteiger partial charge in [0.25, 0.3) is 0 Å². The maximum Gasteiger partial charge on any atom is 0.236 e. The lowest BCUT2D eigenvalue weighted by Crippen LogP contribution is -2.42. The van der Waals surface area contributed by atoms with E-state index in [1.165, 1.54) is 12.0 Å². The fraction of sp³-hybridized carbons (Fsp3) is 0.611. The fourth-order valence-electron chi connectivity index (χ4n) is 3.68. The Bertz CT molecular complexity index is 526. The van der Waals surface area contributed by atoms with Crippen molar-refractivity contribution in [2.75, 3.05) is 39.8 Å². The highest BCUT2D eigenvalue weighted by atomic mass is 16.5. The Morgan fingerprint density at radius 1 is 1.17 bits per heavy atom. The normalized spacial score (nSPS) is 25.6. The van der Waals surface area contributed by atoms with Gasteiger partial charge in [-0.3, -0.25) is 9.69 Å². The number of nitrogens with two attached hydrogens (primary N) is 1. The Morgan fingerprint density at radius 2 is 1.87 bits per heavy atom. The van der Waals surface area contributed by atoms with E-state index in [1.54, 1.807) is 7.11 Å². The minimum Gasteiger partial charge on any atom is -0.497 e. The van der Waals surface area contributed by atoms with Crippen molar-refractivity contribution >= 4 is 5.91 Å². The number of hydrogen-bond donors (Lipinski definition) is 1. The minimum atomic E-state index is 0.0811. The molecule has 2 heterocycles. The van der Waals surface area contributed by atoms with Crippen LogP contribution >= 0.6 is 0 Å². The lowest BCUT2D eigenvalue weighted by atomic mass is 9.95. The molecule has 2 atom stereocenters. The first kappa shape index (κ1) is 16.3. The van der Waals surface area contributed by atoms with Gasteiger partial charge in [-0.25, -0.2) is 0 Å². The number of ether oxygens (including phenoxy) is 1. The zero-order valence-electron chi connectivity index (χ0n) is 13.9. The van der Waals surface area contributed by atoms with E-state index < -0.39 is 0 Å². The van der Waals surface area contributed by atoms with Crippen LogP contribution in [-0.2, 0) is 4.79 Å². The molecule has 3 rings (SSSR count). The molecule has 0 spiro atoms. The van der Waals surface area contributed by atoms with Gasteiger partial charge in [0.2, 0.25) is 5.91 Å². The van der Waals surface area contributed by atoms with Gasteiger partial charge in [0.15, 0.2) is 0 Å². The number of carbonyl (C=O) groups excluding carboxylic acids is 1. The first-order chi connectivity index (χ1) is 11.2. The van der Waals surface area contributed by atoms with E-state index in [4.69, 9.17) is 10.5 Å². The van der Waals surface area contributed by atoms with Gasteiger partial charge in [-0.2, -0.15) is 0 Å². The molecule has 1 aromatic rings. The van der Waals surface area contributed by atoms with Crippen molar-refractivity contribution in [2.45, 2.75) is 31.2 Å². The number of amides is 1. The van der Waals surface area contributed by atoms with Crippen LogP contribution in [0.15, 0.2) is 24.3 Å². The molecule has 126 valence electrons. The summed E-state index contributed by atoms with van der Waals surface area (Å²) < 4.78 is 5.21. The summed E-state index contributed by atoms with van der Waals surface area (Å²) in [5.41, 5.74) is 7.56. The maximum atomic E-state index is 12.4. The number of rotatable bonds is 4. The van der Waals surface area contributed by atoms with Gasteiger partial charge in [-0.15, -0.1) is 0 Å². The number of piperidine rings is 1. The van der Waals surface area contributed by atoms with E-state index in [-0.39, 0.29) is 17.9 Å². The van der Waals surface area contributed by atoms with Gasteiger partial charge < -0.3 is 15.4 Å². The zero-order valence-corrected chi connectivity index (χ0v) is 13.9. The summed E-state index contributed by atoms with van der Waals surface area (Å²) in [7, 11) is 1.67. The lowest BCUT2D eigenvalue weighted by molar-refractivity contribution is -0.133. The molecular formula is C18H27N3O2. The third kappa shape index (κ3) is 3.85. The Labute approximate surface area is 138 Å². The van der Waals surface area contributed by atoms with Gasteiger partial charge in [0.05, 0.1) is 13.7 Å². The number of hydrogen-bond acceptors (Lipinski definition) is 4. The second-order valence-corrected chi connectivity index (χ2v) is 6.68. The van der Waals surface area contributed by atoms with Crippen LogP contribution in [0.25, 0.3) is 0 Å². The van der Waals surface area contributed by atoms with Crippen LogP contribution in [0.1, 0.15) is 30.7 Å². The highest BCUT2D eigenvalue weighted by Crippen LogP contribution is 2.28. The zero-order chi connectivity index (χ0) is 16.2. The van der Waals surface area contributed by atoms with E-state index in [2.05, 4.69) is 17.0 Å². The van der Waals surface area contributed by atoms with Gasteiger partial charge in [-0.1, -0.05) is 12.1 Å². The van der Waals surface area contributed by atoms with Crippen LogP contribution < -0.4 is 10.5 Å². The predicted molar refractivity (Wildman–Crippen MR) is 90.6 cm³/mol. The molecule has 2 saturated heterocycles. The largest absolute Gasteiger partial charge is 0.497 e. The molecule has 2 fully saturated rings. The van der Waals surface area contributed by atoms with Crippen LogP contribution in [0, 0.1) is 0 Å². The minimum absolute atomic E-state index is 0.0811. The molecule has 1 amide bonds. The average Bonchev–Trinajstić information content (AvgIpc) is 2.96. The summed E-state index contributed by atoms with van der Waals surface area (Å²) in [6, 6.07) is 8.20. The van der Waals surface area contributed by atoms with E-state index in [9.17, 15) is 4.79 Å². The number of benzene rings is 1. The molecular weight excluding hydrogens is 290 g/mol. The first-order valence-corrected chi connectivity index (χ1v) is 8.57. The van der Waals surface area contributed by atoms with Crippen LogP contribution in [0.3, 0.4) is 0 Å². The number of methoxy groups -OCH3 is 1. The van der Waals surface area contributed by atoms with E-state index in [0.29, 0.717) is 6.54 Å². The molecule has 5 heteroatoms. The standard InChI is InChI=1S/C18H27N3O2/c1-23-15-7-5-14(6-8-15)16-11-20(12-17(16)19)13-18(22)21-9-3-2-4-10-21/h5-8,16-17H,2-4,9-13,19H2,1H3/t16-,17+/m0/s1. The number of nitrogens with zero attached hydrogens (tertiary/aromatic N) is 2. The molecule has 0 radical (unpaired) electrons. The molecule has 0 aliphatic carbocycles. The fourth-order valence-corrected chi connectivity index (χ4v) is 3.68. The van der Waals surface area contributed by atoms with Crippen molar-refractivity contribution in [1.29, 1.82) is 0 Å². The van der Waals surface area contributed by atoms with Crippen molar-refractivity contribution in [1.82, 2.24) is 9.80 Å². The second-order valence-electron chi connectivity index (χ2n) is 6.68. The van der Waals surface area contributed by atoms with Gasteiger partial charge >= 0.3 is 0 Å². The van der Waals surface area contributed by atoms with Gasteiger partial charge in [0, 0.05) is 38.1 Å². The van der Waals surface area contributed by atoms with Crippen molar-refractivity contribution < 1.29 is 9.53 Å². The number of likely N-dealkylation sites (tertiary alicyclic amines) is 2. The molecule has 0 saturated carbocycles. The second kappa shape index (κ2) is 7.32. The third-order valence-corrected chi connectivity index (χ3v) is 5.05. The lowest BCUT2D eigenvalue weighted by Gasteiger charge is -2.28. The Morgan fingerprint density at radius 3 is 2.52 bits per heavy atom. The molecule has 1 aromatic carbocycles. The highest BCUT2D eigenvalue weighted by molar-refractivity contribution is 5.78. The third-order valence-electron chi connectivity index (χ3n) is 5.05. The SMILES string of the molecule is COc1ccc([C@@H]2CN(CC(=O)N3CCCCC3)C[C@H]2N)cc1. The Balaban J connectivity index is 1.58. The Kier molecular flexibility index (Phi) is 5.18. The van der Waals surface area contributed by atoms with Crippen molar-refractivity contribution in [2.24, 2.45) is 5.73 Å². The summed E-state index contributed by atoms with van der Waals surface area (Å²) in [6.45, 7) is 3.98. The monoisotopic (exact) mass is 317 g/mol. The van der Waals surface area contributed by atoms with Crippen molar-refractivity contribution in [3.05, 3.63) is 29.8 Å². The average molecular weight is 317 g/mol. The van der Waals surface area contributed by atoms with Gasteiger partial charge in [0.1, 0.15) is 5.75 Å². The Hall–Kier alpha value is -1.59. The molecule has 0 unspecified atom stereocenters. The maximum absolute atomic E-state index is 12.4. The molecule has 5 nitrogen and oxygen atoms in total. The van der Waals surface area contributed by atoms with Crippen molar-refractivity contribution in [3.63, 3.8) is 0 Å². The van der Waals surface area contributed by atoms with Crippen molar-refractivity contribution in [3.8, 4) is 5.75 Å². The van der Waals surface area contributed by atoms with E-state index in [1.807, 2.05) is 17.0 Å². The van der Waals surface area contributed by atoms with Crippen LogP contribution in [0.4, 0.5) is 0 Å². The summed E-state index contributed by atoms with van der Waals surface area (Å²) in [5, 5.41) is 0. The van der Waals surface area contributed by atoms with Gasteiger partial charge in [-0.05, 0) is 37.0 Å². The molecule has 0 aromatic heterocycles. The summed E-state index contributed by atoms with van der Waals surface area (Å²) >= 11 is 0. The summed E-state index contributed by atoms with van der Waals surface area (Å²) in [5.74, 6) is 1.40. The van der Waals surface area contributed by atoms with E-state index in [0.717, 1.165) is 44.8 Å². The van der Waals surface area contributed by atoms with Crippen LogP contribution in [-0.4, -0.2) is 61.6 Å². The molecule has 0 bridgehead atoms. The molecule has 2 aliphatic rings. The highest BCUT2D eigenvalue weighted by Gasteiger charge is 2.33. The first-order valence-electron chi connectivity index (χ1n) is 8.57. The number of carbonyl (C=O) groups is 1. The summed E-state index contributed by atoms with van der Waals surface area (Å²) in [4.78, 5) is 16.6. The van der Waals surface area contributed by atoms with Crippen LogP contribution in [0.5, 0.6) is 5.75 Å². The van der Waals surface area contributed by atoms with Crippen LogP contribution in [0.2, 0.25) is 0 Å². The van der Waals surface area contributed by atoms with E-state index >= 15 is 0 Å². The summed E-state index contributed by atoms with van der Waals surface area (Å²) in [6.07, 6.45) is 3.53.